The Morgan fingerprint density at radius 2 is 2.20 bits per heavy atom. The van der Waals surface area contributed by atoms with Crippen LogP contribution in [0.3, 0.4) is 0 Å². The van der Waals surface area contributed by atoms with E-state index in [0.717, 1.165) is 10.6 Å². The minimum Gasteiger partial charge on any atom is -0.469 e. The van der Waals surface area contributed by atoms with Crippen LogP contribution in [0, 0.1) is 6.92 Å². The number of nitrogens with one attached hydrogen (secondary N) is 1. The summed E-state index contributed by atoms with van der Waals surface area (Å²) in [5.41, 5.74) is 2.99. The highest BCUT2D eigenvalue weighted by Crippen LogP contribution is 2.26. The zero-order chi connectivity index (χ0) is 18.3. The van der Waals surface area contributed by atoms with Crippen LogP contribution in [-0.4, -0.2) is 43.0 Å². The molecule has 0 aliphatic rings. The lowest BCUT2D eigenvalue weighted by Crippen LogP contribution is -2.19. The van der Waals surface area contributed by atoms with Gasteiger partial charge in [0.05, 0.1) is 36.2 Å². The molecule has 0 radical (unpaired) electrons. The molecule has 0 aromatic carbocycles. The van der Waals surface area contributed by atoms with Crippen molar-refractivity contribution in [3.63, 3.8) is 0 Å². The van der Waals surface area contributed by atoms with Crippen molar-refractivity contribution in [1.82, 2.24) is 9.97 Å². The summed E-state index contributed by atoms with van der Waals surface area (Å²) in [4.78, 5) is 20.4. The molecular formula is C15H19N3O4S3. The van der Waals surface area contributed by atoms with E-state index >= 15 is 0 Å². The summed E-state index contributed by atoms with van der Waals surface area (Å²) in [5, 5.41) is 0.531. The minimum atomic E-state index is -3.51. The van der Waals surface area contributed by atoms with Crippen molar-refractivity contribution in [1.29, 1.82) is 0 Å². The Morgan fingerprint density at radius 3 is 2.88 bits per heavy atom. The number of pyridine rings is 1. The van der Waals surface area contributed by atoms with Crippen LogP contribution >= 0.6 is 23.1 Å². The number of esters is 1. The highest BCUT2D eigenvalue weighted by atomic mass is 32.2. The number of nitrogens with zero attached hydrogens (tertiary/aromatic N) is 2. The highest BCUT2D eigenvalue weighted by molar-refractivity contribution is 7.99. The number of carbonyl (C=O) groups is 1. The second-order valence-electron chi connectivity index (χ2n) is 5.06. The predicted molar refractivity (Wildman–Crippen MR) is 99.6 cm³/mol. The van der Waals surface area contributed by atoms with Crippen molar-refractivity contribution in [2.75, 3.05) is 23.3 Å². The van der Waals surface area contributed by atoms with Crippen LogP contribution in [0.5, 0.6) is 0 Å². The average Bonchev–Trinajstić information content (AvgIpc) is 2.99. The number of rotatable bonds is 9. The van der Waals surface area contributed by atoms with E-state index in [0.29, 0.717) is 22.9 Å². The molecule has 0 saturated carbocycles. The van der Waals surface area contributed by atoms with E-state index < -0.39 is 10.0 Å². The molecule has 0 bridgehead atoms. The molecule has 0 saturated heterocycles. The summed E-state index contributed by atoms with van der Waals surface area (Å²) < 4.78 is 31.9. The first-order chi connectivity index (χ1) is 11.9. The molecule has 7 nitrogen and oxygen atoms in total. The Bertz CT molecular complexity index is 821. The number of carbonyl (C=O) groups excluding carboxylic acids is 1. The zero-order valence-corrected chi connectivity index (χ0v) is 16.3. The van der Waals surface area contributed by atoms with Gasteiger partial charge in [-0.25, -0.2) is 18.4 Å². The number of aryl methyl sites for hydroxylation is 2. The monoisotopic (exact) mass is 401 g/mol. The molecule has 1 N–H and O–H groups in total. The number of thiazole rings is 1. The maximum atomic E-state index is 12.3. The summed E-state index contributed by atoms with van der Waals surface area (Å²) in [6.07, 6.45) is 2.23. The fourth-order valence-electron chi connectivity index (χ4n) is 1.93. The van der Waals surface area contributed by atoms with Gasteiger partial charge in [-0.15, -0.1) is 23.1 Å². The first-order valence-corrected chi connectivity index (χ1v) is 11.0. The summed E-state index contributed by atoms with van der Waals surface area (Å²) in [7, 11) is -2.18. The number of hydrogen-bond donors (Lipinski definition) is 1. The van der Waals surface area contributed by atoms with Gasteiger partial charge in [-0.05, 0) is 25.5 Å². The minimum absolute atomic E-state index is 0.0306. The molecule has 0 aliphatic heterocycles. The summed E-state index contributed by atoms with van der Waals surface area (Å²) in [6.45, 7) is 1.86. The van der Waals surface area contributed by atoms with Gasteiger partial charge in [0.1, 0.15) is 5.03 Å². The molecule has 0 aliphatic carbocycles. The molecule has 25 heavy (non-hydrogen) atoms. The molecule has 0 unspecified atom stereocenters. The lowest BCUT2D eigenvalue weighted by molar-refractivity contribution is -0.140. The number of hydrogen-bond acceptors (Lipinski definition) is 8. The fourth-order valence-corrected chi connectivity index (χ4v) is 4.85. The first kappa shape index (κ1) is 19.7. The van der Waals surface area contributed by atoms with E-state index in [2.05, 4.69) is 19.4 Å². The van der Waals surface area contributed by atoms with E-state index in [1.807, 2.05) is 6.92 Å². The topological polar surface area (TPSA) is 98.2 Å². The van der Waals surface area contributed by atoms with Crippen molar-refractivity contribution < 1.29 is 17.9 Å². The molecule has 136 valence electrons. The number of aromatic nitrogens is 2. The van der Waals surface area contributed by atoms with Crippen molar-refractivity contribution in [2.24, 2.45) is 0 Å². The lowest BCUT2D eigenvalue weighted by Gasteiger charge is -2.11. The standard InChI is InChI=1S/C15H19N3O4S3/c1-11-13(24-10-17-11)6-9-25(20,21)18-12-4-3-7-16-15(12)23-8-5-14(19)22-2/h3-4,7,10,18H,5-6,8-9H2,1-2H3. The van der Waals surface area contributed by atoms with Gasteiger partial charge in [0.15, 0.2) is 0 Å². The zero-order valence-electron chi connectivity index (χ0n) is 13.9. The third-order valence-electron chi connectivity index (χ3n) is 3.25. The van der Waals surface area contributed by atoms with Crippen LogP contribution in [0.1, 0.15) is 17.0 Å². The first-order valence-electron chi connectivity index (χ1n) is 7.45. The van der Waals surface area contributed by atoms with Crippen LogP contribution in [-0.2, 0) is 26.0 Å². The second kappa shape index (κ2) is 9.16. The predicted octanol–water partition coefficient (Wildman–Crippen LogP) is 2.49. The SMILES string of the molecule is COC(=O)CCSc1ncccc1NS(=O)(=O)CCc1scnc1C. The number of ether oxygens (including phenoxy) is 1. The van der Waals surface area contributed by atoms with Crippen molar-refractivity contribution in [2.45, 2.75) is 24.8 Å². The Balaban J connectivity index is 1.98. The van der Waals surface area contributed by atoms with E-state index in [1.165, 1.54) is 30.2 Å². The molecule has 0 amide bonds. The van der Waals surface area contributed by atoms with E-state index in [9.17, 15) is 13.2 Å². The maximum Gasteiger partial charge on any atom is 0.306 e. The summed E-state index contributed by atoms with van der Waals surface area (Å²) >= 11 is 2.75. The van der Waals surface area contributed by atoms with E-state index in [4.69, 9.17) is 0 Å². The Kier molecular flexibility index (Phi) is 7.21. The average molecular weight is 402 g/mol. The van der Waals surface area contributed by atoms with Gasteiger partial charge in [-0.3, -0.25) is 9.52 Å². The third-order valence-corrected chi connectivity index (χ3v) is 6.53. The smallest absolute Gasteiger partial charge is 0.306 e. The Hall–Kier alpha value is -1.65. The van der Waals surface area contributed by atoms with Gasteiger partial charge in [-0.2, -0.15) is 0 Å². The van der Waals surface area contributed by atoms with Crippen LogP contribution in [0.2, 0.25) is 0 Å². The highest BCUT2D eigenvalue weighted by Gasteiger charge is 2.15. The van der Waals surface area contributed by atoms with E-state index in [-0.39, 0.29) is 18.1 Å². The van der Waals surface area contributed by atoms with E-state index in [1.54, 1.807) is 23.8 Å². The molecular weight excluding hydrogens is 382 g/mol. The molecule has 2 heterocycles. The molecule has 0 fully saturated rings. The van der Waals surface area contributed by atoms with Gasteiger partial charge < -0.3 is 4.74 Å². The fraction of sp³-hybridized carbons (Fsp3) is 0.400. The molecule has 2 aromatic rings. The number of sulfonamides is 1. The van der Waals surface area contributed by atoms with Gasteiger partial charge >= 0.3 is 5.97 Å². The summed E-state index contributed by atoms with van der Waals surface area (Å²) in [5.74, 6) is 0.112. The van der Waals surface area contributed by atoms with Crippen molar-refractivity contribution in [3.8, 4) is 0 Å². The van der Waals surface area contributed by atoms with Crippen molar-refractivity contribution in [3.05, 3.63) is 34.4 Å². The molecule has 2 rings (SSSR count). The number of thioether (sulfide) groups is 1. The van der Waals surface area contributed by atoms with Crippen LogP contribution in [0.25, 0.3) is 0 Å². The second-order valence-corrected chi connectivity index (χ2v) is 8.93. The molecule has 0 atom stereocenters. The largest absolute Gasteiger partial charge is 0.469 e. The van der Waals surface area contributed by atoms with Gasteiger partial charge in [0.25, 0.3) is 0 Å². The molecule has 0 spiro atoms. The third kappa shape index (κ3) is 6.29. The molecule has 2 aromatic heterocycles. The normalized spacial score (nSPS) is 11.3. The van der Waals surface area contributed by atoms with Gasteiger partial charge in [0.2, 0.25) is 10.0 Å². The Morgan fingerprint density at radius 1 is 1.40 bits per heavy atom. The van der Waals surface area contributed by atoms with Gasteiger partial charge in [0, 0.05) is 16.8 Å². The van der Waals surface area contributed by atoms with Gasteiger partial charge in [-0.1, -0.05) is 0 Å². The van der Waals surface area contributed by atoms with Crippen LogP contribution < -0.4 is 4.72 Å². The van der Waals surface area contributed by atoms with Crippen LogP contribution in [0.4, 0.5) is 5.69 Å². The Labute approximate surface area is 155 Å². The van der Waals surface area contributed by atoms with Crippen molar-refractivity contribution >= 4 is 44.8 Å². The quantitative estimate of drug-likeness (QED) is 0.509. The number of anilines is 1. The lowest BCUT2D eigenvalue weighted by atomic mass is 10.3. The maximum absolute atomic E-state index is 12.3. The van der Waals surface area contributed by atoms with Crippen LogP contribution in [0.15, 0.2) is 28.9 Å². The molecule has 10 heteroatoms. The summed E-state index contributed by atoms with van der Waals surface area (Å²) in [6, 6.07) is 3.32. The number of methoxy groups -OCH3 is 1.